The molecule has 4 atom stereocenters. The van der Waals surface area contributed by atoms with Crippen LogP contribution in [0.15, 0.2) is 36.4 Å². The maximum Gasteiger partial charge on any atom is 0.418 e. The number of benzene rings is 2. The molecule has 0 N–H and O–H groups in total. The molecule has 2 aliphatic heterocycles. The van der Waals surface area contributed by atoms with E-state index in [2.05, 4.69) is 0 Å². The minimum absolute atomic E-state index is 0.0465. The molecule has 2 aromatic heterocycles. The Morgan fingerprint density at radius 1 is 0.588 bits per heavy atom. The van der Waals surface area contributed by atoms with Gasteiger partial charge < -0.3 is 18.9 Å². The standard InChI is InChI=1S/C37H36N4O10/c1-48-18-6-8-28-20(12-18)22-14-24-26(16-30(22)40(28)36(46)50-3)34(44)38(32(24)42)10-5-11-39-33(43)25-15-23-21-13-19(49-2)7-9-29(21)41(37(47)51-4)31(23)17-27(25)35(39)45/h6-9,12-13,24-27H,5,10-11,14-17H2,1-4H3. The van der Waals surface area contributed by atoms with Crippen LogP contribution in [0.25, 0.3) is 21.8 Å². The fourth-order valence-electron chi connectivity index (χ4n) is 8.82. The summed E-state index contributed by atoms with van der Waals surface area (Å²) in [6.45, 7) is 0.0930. The summed E-state index contributed by atoms with van der Waals surface area (Å²) < 4.78 is 23.9. The van der Waals surface area contributed by atoms with Gasteiger partial charge in [-0.25, -0.2) is 18.7 Å². The number of nitrogens with zero attached hydrogens (tertiary/aromatic N) is 4. The normalized spacial score (nSPS) is 22.3. The maximum absolute atomic E-state index is 13.7. The molecule has 4 unspecified atom stereocenters. The Morgan fingerprint density at radius 2 is 0.961 bits per heavy atom. The number of hydrogen-bond acceptors (Lipinski definition) is 10. The zero-order chi connectivity index (χ0) is 35.9. The van der Waals surface area contributed by atoms with Crippen molar-refractivity contribution in [3.05, 3.63) is 58.9 Å². The van der Waals surface area contributed by atoms with E-state index in [1.807, 2.05) is 12.1 Å². The van der Waals surface area contributed by atoms with Gasteiger partial charge in [0.15, 0.2) is 0 Å². The smallest absolute Gasteiger partial charge is 0.418 e. The number of rotatable bonds is 6. The molecule has 0 radical (unpaired) electrons. The molecule has 0 saturated carbocycles. The van der Waals surface area contributed by atoms with Gasteiger partial charge in [0.25, 0.3) is 0 Å². The lowest BCUT2D eigenvalue weighted by atomic mass is 9.79. The van der Waals surface area contributed by atoms with Gasteiger partial charge in [0.2, 0.25) is 23.6 Å². The molecule has 4 aromatic rings. The van der Waals surface area contributed by atoms with E-state index in [-0.39, 0.29) is 68.8 Å². The van der Waals surface area contributed by atoms with Crippen LogP contribution in [0.2, 0.25) is 0 Å². The van der Waals surface area contributed by atoms with E-state index in [1.165, 1.54) is 33.2 Å². The van der Waals surface area contributed by atoms with E-state index >= 15 is 0 Å². The van der Waals surface area contributed by atoms with Crippen LogP contribution >= 0.6 is 0 Å². The summed E-state index contributed by atoms with van der Waals surface area (Å²) in [7, 11) is 5.69. The predicted molar refractivity (Wildman–Crippen MR) is 179 cm³/mol. The zero-order valence-corrected chi connectivity index (χ0v) is 28.6. The third-order valence-electron chi connectivity index (χ3n) is 11.2. The average molecular weight is 697 g/mol. The molecule has 4 aliphatic rings. The quantitative estimate of drug-likeness (QED) is 0.274. The van der Waals surface area contributed by atoms with Crippen molar-refractivity contribution >= 4 is 57.6 Å². The molecular weight excluding hydrogens is 660 g/mol. The third kappa shape index (κ3) is 4.68. The van der Waals surface area contributed by atoms with Crippen molar-refractivity contribution in [1.82, 2.24) is 18.9 Å². The van der Waals surface area contributed by atoms with Gasteiger partial charge >= 0.3 is 12.2 Å². The Balaban J connectivity index is 0.990. The molecule has 14 nitrogen and oxygen atoms in total. The number of fused-ring (bicyclic) bond motifs is 8. The van der Waals surface area contributed by atoms with Crippen molar-refractivity contribution in [3.8, 4) is 11.5 Å². The summed E-state index contributed by atoms with van der Waals surface area (Å²) in [4.78, 5) is 83.1. The van der Waals surface area contributed by atoms with Crippen LogP contribution in [0.3, 0.4) is 0 Å². The summed E-state index contributed by atoms with van der Waals surface area (Å²) in [6.07, 6.45) is -0.0178. The number of ether oxygens (including phenoxy) is 4. The van der Waals surface area contributed by atoms with E-state index in [1.54, 1.807) is 38.5 Å². The van der Waals surface area contributed by atoms with Crippen LogP contribution in [-0.2, 0) is 54.3 Å². The van der Waals surface area contributed by atoms with Gasteiger partial charge in [-0.15, -0.1) is 0 Å². The van der Waals surface area contributed by atoms with Gasteiger partial charge in [-0.2, -0.15) is 0 Å². The number of carbonyl (C=O) groups is 6. The van der Waals surface area contributed by atoms with Gasteiger partial charge in [0, 0.05) is 48.1 Å². The third-order valence-corrected chi connectivity index (χ3v) is 11.2. The minimum Gasteiger partial charge on any atom is -0.497 e. The number of methoxy groups -OCH3 is 4. The number of hydrogen-bond donors (Lipinski definition) is 0. The van der Waals surface area contributed by atoms with E-state index in [4.69, 9.17) is 18.9 Å². The Hall–Kier alpha value is -5.66. The van der Waals surface area contributed by atoms with E-state index in [9.17, 15) is 28.8 Å². The highest BCUT2D eigenvalue weighted by Crippen LogP contribution is 2.44. The van der Waals surface area contributed by atoms with Crippen molar-refractivity contribution in [1.29, 1.82) is 0 Å². The fraction of sp³-hybridized carbons (Fsp3) is 0.405. The molecule has 0 spiro atoms. The van der Waals surface area contributed by atoms with Crippen molar-refractivity contribution in [2.75, 3.05) is 41.5 Å². The highest BCUT2D eigenvalue weighted by atomic mass is 16.5. The Kier molecular flexibility index (Phi) is 7.65. The Bertz CT molecular complexity index is 2060. The van der Waals surface area contributed by atoms with Crippen molar-refractivity contribution in [2.45, 2.75) is 32.1 Å². The zero-order valence-electron chi connectivity index (χ0n) is 28.6. The lowest BCUT2D eigenvalue weighted by molar-refractivity contribution is -0.140. The van der Waals surface area contributed by atoms with Crippen molar-refractivity contribution in [3.63, 3.8) is 0 Å². The summed E-state index contributed by atoms with van der Waals surface area (Å²) in [5, 5.41) is 1.52. The summed E-state index contributed by atoms with van der Waals surface area (Å²) in [5.41, 5.74) is 4.12. The molecule has 2 aliphatic carbocycles. The van der Waals surface area contributed by atoms with Crippen LogP contribution in [0.4, 0.5) is 9.59 Å². The largest absolute Gasteiger partial charge is 0.497 e. The maximum atomic E-state index is 13.7. The number of imide groups is 2. The van der Waals surface area contributed by atoms with Crippen LogP contribution in [0, 0.1) is 23.7 Å². The highest BCUT2D eigenvalue weighted by Gasteiger charge is 2.53. The Labute approximate surface area is 291 Å². The molecular formula is C37H36N4O10. The van der Waals surface area contributed by atoms with Crippen LogP contribution in [-0.4, -0.2) is 96.3 Å². The summed E-state index contributed by atoms with van der Waals surface area (Å²) in [6, 6.07) is 10.7. The lowest BCUT2D eigenvalue weighted by Crippen LogP contribution is -2.37. The first-order chi connectivity index (χ1) is 24.6. The van der Waals surface area contributed by atoms with Gasteiger partial charge in [0.05, 0.1) is 63.1 Å². The molecule has 2 fully saturated rings. The number of carbonyl (C=O) groups excluding carboxylic acids is 6. The van der Waals surface area contributed by atoms with E-state index < -0.39 is 35.9 Å². The topological polar surface area (TPSA) is 156 Å². The van der Waals surface area contributed by atoms with Gasteiger partial charge in [-0.05, 0) is 66.8 Å². The molecule has 2 saturated heterocycles. The van der Waals surface area contributed by atoms with Gasteiger partial charge in [-0.1, -0.05) is 0 Å². The molecule has 2 aromatic carbocycles. The van der Waals surface area contributed by atoms with Gasteiger partial charge in [-0.3, -0.25) is 29.0 Å². The van der Waals surface area contributed by atoms with Crippen LogP contribution in [0.1, 0.15) is 28.9 Å². The summed E-state index contributed by atoms with van der Waals surface area (Å²) in [5.74, 6) is -2.57. The molecule has 4 heterocycles. The average Bonchev–Trinajstić information content (AvgIpc) is 3.80. The fourth-order valence-corrected chi connectivity index (χ4v) is 8.82. The number of likely N-dealkylation sites (tertiary alicyclic amines) is 2. The first kappa shape index (κ1) is 32.5. The number of amides is 4. The molecule has 51 heavy (non-hydrogen) atoms. The first-order valence-electron chi connectivity index (χ1n) is 16.9. The highest BCUT2D eigenvalue weighted by molar-refractivity contribution is 6.08. The van der Waals surface area contributed by atoms with Gasteiger partial charge in [0.1, 0.15) is 11.5 Å². The van der Waals surface area contributed by atoms with Crippen molar-refractivity contribution < 1.29 is 47.7 Å². The molecule has 0 bridgehead atoms. The molecule has 14 heteroatoms. The second kappa shape index (κ2) is 12.0. The van der Waals surface area contributed by atoms with Crippen LogP contribution < -0.4 is 9.47 Å². The second-order valence-corrected chi connectivity index (χ2v) is 13.5. The first-order valence-corrected chi connectivity index (χ1v) is 16.9. The van der Waals surface area contributed by atoms with E-state index in [0.717, 1.165) is 21.9 Å². The molecule has 264 valence electrons. The second-order valence-electron chi connectivity index (χ2n) is 13.5. The SMILES string of the molecule is COC(=O)n1c2c(c3cc(OC)ccc31)CC1C(=O)N(CCCN3C(=O)C4Cc5c(n(C(=O)OC)c6ccc(OC)cc56)CC4C3=O)C(=O)C1C2. The monoisotopic (exact) mass is 696 g/mol. The lowest BCUT2D eigenvalue weighted by Gasteiger charge is -2.23. The molecule has 4 amide bonds. The minimum atomic E-state index is -0.648. The summed E-state index contributed by atoms with van der Waals surface area (Å²) >= 11 is 0. The number of aromatic nitrogens is 2. The van der Waals surface area contributed by atoms with Crippen LogP contribution in [0.5, 0.6) is 11.5 Å². The van der Waals surface area contributed by atoms with Crippen molar-refractivity contribution in [2.24, 2.45) is 23.7 Å². The Morgan fingerprint density at radius 3 is 1.31 bits per heavy atom. The molecule has 8 rings (SSSR count). The predicted octanol–water partition coefficient (Wildman–Crippen LogP) is 3.33. The van der Waals surface area contributed by atoms with E-state index in [0.29, 0.717) is 33.9 Å².